The first-order valence-electron chi connectivity index (χ1n) is 8.25. The van der Waals surface area contributed by atoms with Crippen molar-refractivity contribution >= 4 is 21.6 Å². The molecule has 7 nitrogen and oxygen atoms in total. The minimum Gasteiger partial charge on any atom is -0.395 e. The Morgan fingerprint density at radius 3 is 2.37 bits per heavy atom. The lowest BCUT2D eigenvalue weighted by atomic mass is 9.91. The molecule has 1 heterocycles. The Morgan fingerprint density at radius 1 is 1.26 bits per heavy atom. The number of nitrogens with zero attached hydrogens (tertiary/aromatic N) is 1. The Kier molecular flexibility index (Phi) is 7.09. The van der Waals surface area contributed by atoms with Crippen LogP contribution in [0.5, 0.6) is 0 Å². The van der Waals surface area contributed by atoms with Gasteiger partial charge in [0.05, 0.1) is 29.2 Å². The van der Waals surface area contributed by atoms with Gasteiger partial charge in [0.2, 0.25) is 11.8 Å². The number of alkyl halides is 3. The maximum absolute atomic E-state index is 12.4. The molecule has 0 radical (unpaired) electrons. The van der Waals surface area contributed by atoms with Crippen LogP contribution in [0.2, 0.25) is 0 Å². The molecule has 27 heavy (non-hydrogen) atoms. The van der Waals surface area contributed by atoms with Gasteiger partial charge in [0, 0.05) is 17.9 Å². The van der Waals surface area contributed by atoms with Gasteiger partial charge in [-0.05, 0) is 6.42 Å². The fourth-order valence-electron chi connectivity index (χ4n) is 2.20. The van der Waals surface area contributed by atoms with Gasteiger partial charge in [0.15, 0.2) is 9.84 Å². The van der Waals surface area contributed by atoms with Crippen molar-refractivity contribution < 1.29 is 36.0 Å². The van der Waals surface area contributed by atoms with E-state index in [1.54, 1.807) is 13.8 Å². The molecule has 0 aliphatic rings. The number of carbonyl (C=O) groups is 1. The summed E-state index contributed by atoms with van der Waals surface area (Å²) in [4.78, 5) is 12.4. The van der Waals surface area contributed by atoms with Crippen LogP contribution >= 0.6 is 0 Å². The zero-order valence-electron chi connectivity index (χ0n) is 15.7. The maximum Gasteiger partial charge on any atom is 0.389 e. The van der Waals surface area contributed by atoms with Crippen LogP contribution in [0.25, 0.3) is 0 Å². The van der Waals surface area contributed by atoms with Gasteiger partial charge in [0.25, 0.3) is 0 Å². The van der Waals surface area contributed by atoms with Crippen molar-refractivity contribution in [1.29, 1.82) is 0 Å². The van der Waals surface area contributed by atoms with E-state index in [2.05, 4.69) is 10.5 Å². The van der Waals surface area contributed by atoms with Crippen molar-refractivity contribution in [3.8, 4) is 0 Å². The van der Waals surface area contributed by atoms with Gasteiger partial charge in [-0.1, -0.05) is 32.9 Å². The molecule has 0 atom stereocenters. The molecule has 0 aromatic carbocycles. The van der Waals surface area contributed by atoms with Crippen LogP contribution in [0.15, 0.2) is 10.6 Å². The Morgan fingerprint density at radius 2 is 1.85 bits per heavy atom. The molecule has 0 fully saturated rings. The van der Waals surface area contributed by atoms with Crippen molar-refractivity contribution in [2.75, 3.05) is 23.4 Å². The lowest BCUT2D eigenvalue weighted by Crippen LogP contribution is -2.37. The van der Waals surface area contributed by atoms with E-state index < -0.39 is 57.1 Å². The summed E-state index contributed by atoms with van der Waals surface area (Å²) in [6.45, 7) is 5.98. The number of aliphatic hydroxyl groups is 1. The van der Waals surface area contributed by atoms with Gasteiger partial charge < -0.3 is 9.63 Å². The van der Waals surface area contributed by atoms with Crippen LogP contribution in [-0.4, -0.2) is 48.9 Å². The second-order valence-corrected chi connectivity index (χ2v) is 9.95. The van der Waals surface area contributed by atoms with Crippen molar-refractivity contribution in [2.45, 2.75) is 52.1 Å². The van der Waals surface area contributed by atoms with Crippen LogP contribution in [0.3, 0.4) is 0 Å². The van der Waals surface area contributed by atoms with E-state index in [1.807, 2.05) is 0 Å². The molecule has 0 spiro atoms. The normalized spacial score (nSPS) is 13.6. The molecule has 2 N–H and O–H groups in total. The first-order chi connectivity index (χ1) is 12.1. The van der Waals surface area contributed by atoms with Crippen molar-refractivity contribution in [1.82, 2.24) is 5.16 Å². The molecular formula is C16H25F3N2O5S. The highest BCUT2D eigenvalue weighted by Crippen LogP contribution is 2.27. The van der Waals surface area contributed by atoms with Crippen molar-refractivity contribution in [3.63, 3.8) is 0 Å². The van der Waals surface area contributed by atoms with Crippen molar-refractivity contribution in [2.24, 2.45) is 5.41 Å². The SMILES string of the molecule is CC(C)(CS(=O)(=O)CCCC(F)(F)F)C(=O)Nc1cc(C(C)(C)CO)no1. The third-order valence-electron chi connectivity index (χ3n) is 3.95. The number of hydrogen-bond acceptors (Lipinski definition) is 6. The van der Waals surface area contributed by atoms with E-state index in [1.165, 1.54) is 19.9 Å². The largest absolute Gasteiger partial charge is 0.395 e. The van der Waals surface area contributed by atoms with Gasteiger partial charge in [-0.3, -0.25) is 10.1 Å². The second kappa shape index (κ2) is 8.17. The zero-order valence-corrected chi connectivity index (χ0v) is 16.5. The Hall–Kier alpha value is -1.62. The number of nitrogens with one attached hydrogen (secondary N) is 1. The minimum atomic E-state index is -4.42. The van der Waals surface area contributed by atoms with E-state index >= 15 is 0 Å². The average molecular weight is 414 g/mol. The highest BCUT2D eigenvalue weighted by molar-refractivity contribution is 7.91. The van der Waals surface area contributed by atoms with Gasteiger partial charge in [0.1, 0.15) is 0 Å². The molecule has 0 bridgehead atoms. The monoisotopic (exact) mass is 414 g/mol. The third kappa shape index (κ3) is 7.49. The summed E-state index contributed by atoms with van der Waals surface area (Å²) in [5.74, 6) is -1.95. The lowest BCUT2D eigenvalue weighted by Gasteiger charge is -2.22. The standard InChI is InChI=1S/C16H25F3N2O5S/c1-14(2,9-22)11-8-12(26-21-11)20-13(23)15(3,4)10-27(24,25)7-5-6-16(17,18)19/h8,22H,5-7,9-10H2,1-4H3,(H,20,23). The van der Waals surface area contributed by atoms with E-state index in [4.69, 9.17) is 4.52 Å². The van der Waals surface area contributed by atoms with Crippen molar-refractivity contribution in [3.05, 3.63) is 11.8 Å². The lowest BCUT2D eigenvalue weighted by molar-refractivity contribution is -0.134. The smallest absolute Gasteiger partial charge is 0.389 e. The molecule has 1 aromatic rings. The second-order valence-electron chi connectivity index (χ2n) is 7.77. The summed E-state index contributed by atoms with van der Waals surface area (Å²) >= 11 is 0. The predicted octanol–water partition coefficient (Wildman–Crippen LogP) is 2.67. The predicted molar refractivity (Wildman–Crippen MR) is 93.0 cm³/mol. The summed E-state index contributed by atoms with van der Waals surface area (Å²) in [6.07, 6.45) is -6.17. The average Bonchev–Trinajstić information content (AvgIpc) is 2.93. The van der Waals surface area contributed by atoms with Crippen LogP contribution in [0.4, 0.5) is 19.1 Å². The Labute approximate surface area is 156 Å². The highest BCUT2D eigenvalue weighted by atomic mass is 32.2. The zero-order chi connectivity index (χ0) is 21.1. The third-order valence-corrected chi connectivity index (χ3v) is 6.02. The van der Waals surface area contributed by atoms with E-state index in [0.717, 1.165) is 0 Å². The highest BCUT2D eigenvalue weighted by Gasteiger charge is 2.35. The van der Waals surface area contributed by atoms with Gasteiger partial charge in [-0.15, -0.1) is 0 Å². The quantitative estimate of drug-likeness (QED) is 0.643. The molecule has 156 valence electrons. The molecular weight excluding hydrogens is 389 g/mol. The number of amides is 1. The topological polar surface area (TPSA) is 110 Å². The maximum atomic E-state index is 12.4. The summed E-state index contributed by atoms with van der Waals surface area (Å²) < 4.78 is 65.6. The summed E-state index contributed by atoms with van der Waals surface area (Å²) in [7, 11) is -3.86. The van der Waals surface area contributed by atoms with Crippen LogP contribution in [0.1, 0.15) is 46.2 Å². The fourth-order valence-corrected chi connectivity index (χ4v) is 4.15. The summed E-state index contributed by atoms with van der Waals surface area (Å²) in [5, 5.41) is 15.5. The molecule has 0 unspecified atom stereocenters. The summed E-state index contributed by atoms with van der Waals surface area (Å²) in [6, 6.07) is 1.42. The molecule has 0 aliphatic heterocycles. The van der Waals surface area contributed by atoms with Gasteiger partial charge >= 0.3 is 6.18 Å². The first kappa shape index (κ1) is 23.4. The molecule has 11 heteroatoms. The molecule has 0 saturated heterocycles. The summed E-state index contributed by atoms with van der Waals surface area (Å²) in [5.41, 5.74) is -1.68. The van der Waals surface area contributed by atoms with Crippen LogP contribution in [-0.2, 0) is 20.0 Å². The Balaban J connectivity index is 2.73. The number of sulfone groups is 1. The van der Waals surface area contributed by atoms with E-state index in [0.29, 0.717) is 5.69 Å². The molecule has 0 aliphatic carbocycles. The molecule has 1 rings (SSSR count). The number of rotatable bonds is 9. The molecule has 0 saturated carbocycles. The van der Waals surface area contributed by atoms with Crippen LogP contribution in [0, 0.1) is 5.41 Å². The number of aromatic nitrogens is 1. The number of carbonyl (C=O) groups excluding carboxylic acids is 1. The fraction of sp³-hybridized carbons (Fsp3) is 0.750. The number of halogens is 3. The Bertz CT molecular complexity index is 754. The molecule has 1 amide bonds. The van der Waals surface area contributed by atoms with Gasteiger partial charge in [-0.2, -0.15) is 13.2 Å². The molecule has 1 aromatic heterocycles. The minimum absolute atomic E-state index is 0.0148. The first-order valence-corrected chi connectivity index (χ1v) is 10.1. The van der Waals surface area contributed by atoms with Crippen LogP contribution < -0.4 is 5.32 Å². The van der Waals surface area contributed by atoms with E-state index in [9.17, 15) is 31.5 Å². The number of anilines is 1. The van der Waals surface area contributed by atoms with E-state index in [-0.39, 0.29) is 12.5 Å². The van der Waals surface area contributed by atoms with Gasteiger partial charge in [-0.25, -0.2) is 8.42 Å². The number of hydrogen-bond donors (Lipinski definition) is 2. The number of aliphatic hydroxyl groups excluding tert-OH is 1.